The largest absolute Gasteiger partial charge is 0.363 e. The minimum Gasteiger partial charge on any atom is -0.363 e. The van der Waals surface area contributed by atoms with Gasteiger partial charge < -0.3 is 10.6 Å². The minimum atomic E-state index is 0.189. The maximum absolute atomic E-state index is 4.57. The number of benzene rings is 1. The highest BCUT2D eigenvalue weighted by molar-refractivity contribution is 7.18. The van der Waals surface area contributed by atoms with Crippen LogP contribution in [0, 0.1) is 6.92 Å². The maximum atomic E-state index is 4.57. The van der Waals surface area contributed by atoms with Crippen molar-refractivity contribution in [3.8, 4) is 0 Å². The summed E-state index contributed by atoms with van der Waals surface area (Å²) in [5.41, 5.74) is 1.24. The Kier molecular flexibility index (Phi) is 3.75. The number of rotatable bonds is 4. The standard InChI is InChI=1S/C16H18N4S/c1-10-9-13-14(19-16(17-3)20-15(13)21-10)18-11(2)12-7-5-4-6-8-12/h4-9,11H,1-3H3,(H2,17,18,19,20). The molecule has 0 saturated heterocycles. The number of thiophene rings is 1. The van der Waals surface area contributed by atoms with Gasteiger partial charge in [-0.1, -0.05) is 30.3 Å². The van der Waals surface area contributed by atoms with Crippen LogP contribution in [0.25, 0.3) is 10.2 Å². The van der Waals surface area contributed by atoms with Crippen molar-refractivity contribution in [2.75, 3.05) is 17.7 Å². The lowest BCUT2D eigenvalue weighted by molar-refractivity contribution is 0.876. The Bertz CT molecular complexity index is 752. The van der Waals surface area contributed by atoms with Gasteiger partial charge in [-0.2, -0.15) is 4.98 Å². The van der Waals surface area contributed by atoms with Crippen molar-refractivity contribution in [2.45, 2.75) is 19.9 Å². The summed E-state index contributed by atoms with van der Waals surface area (Å²) in [6.07, 6.45) is 0. The molecule has 2 N–H and O–H groups in total. The zero-order chi connectivity index (χ0) is 14.8. The summed E-state index contributed by atoms with van der Waals surface area (Å²) >= 11 is 1.69. The molecule has 0 spiro atoms. The molecule has 0 amide bonds. The van der Waals surface area contributed by atoms with E-state index in [2.05, 4.69) is 64.8 Å². The normalized spacial score (nSPS) is 12.3. The molecule has 0 saturated carbocycles. The quantitative estimate of drug-likeness (QED) is 0.757. The first kappa shape index (κ1) is 13.8. The van der Waals surface area contributed by atoms with Gasteiger partial charge in [-0.25, -0.2) is 4.98 Å². The van der Waals surface area contributed by atoms with E-state index < -0.39 is 0 Å². The van der Waals surface area contributed by atoms with Crippen LogP contribution >= 0.6 is 11.3 Å². The van der Waals surface area contributed by atoms with E-state index in [1.165, 1.54) is 10.4 Å². The van der Waals surface area contributed by atoms with Gasteiger partial charge in [-0.05, 0) is 25.5 Å². The number of nitrogens with zero attached hydrogens (tertiary/aromatic N) is 2. The summed E-state index contributed by atoms with van der Waals surface area (Å²) in [5.74, 6) is 1.53. The zero-order valence-corrected chi connectivity index (χ0v) is 13.2. The SMILES string of the molecule is CNc1nc(NC(C)c2ccccc2)c2cc(C)sc2n1. The van der Waals surface area contributed by atoms with Gasteiger partial charge in [0.2, 0.25) is 5.95 Å². The molecule has 3 rings (SSSR count). The first-order chi connectivity index (χ1) is 10.2. The maximum Gasteiger partial charge on any atom is 0.225 e. The lowest BCUT2D eigenvalue weighted by Crippen LogP contribution is -2.09. The molecular weight excluding hydrogens is 280 g/mol. The van der Waals surface area contributed by atoms with E-state index >= 15 is 0 Å². The summed E-state index contributed by atoms with van der Waals surface area (Å²) < 4.78 is 0. The van der Waals surface area contributed by atoms with E-state index in [4.69, 9.17) is 0 Å². The molecule has 108 valence electrons. The predicted octanol–water partition coefficient (Wildman–Crippen LogP) is 4.21. The fraction of sp³-hybridized carbons (Fsp3) is 0.250. The van der Waals surface area contributed by atoms with Crippen LogP contribution in [0.5, 0.6) is 0 Å². The van der Waals surface area contributed by atoms with Gasteiger partial charge in [0, 0.05) is 18.0 Å². The zero-order valence-electron chi connectivity index (χ0n) is 12.3. The van der Waals surface area contributed by atoms with Crippen LogP contribution in [-0.2, 0) is 0 Å². The molecule has 0 aliphatic rings. The molecule has 3 aromatic rings. The molecule has 0 bridgehead atoms. The molecule has 0 fully saturated rings. The second kappa shape index (κ2) is 5.69. The van der Waals surface area contributed by atoms with Crippen LogP contribution in [0.15, 0.2) is 36.4 Å². The van der Waals surface area contributed by atoms with E-state index in [1.807, 2.05) is 13.1 Å². The van der Waals surface area contributed by atoms with Gasteiger partial charge >= 0.3 is 0 Å². The van der Waals surface area contributed by atoms with E-state index in [9.17, 15) is 0 Å². The summed E-state index contributed by atoms with van der Waals surface area (Å²) in [5, 5.41) is 7.61. The Labute approximate surface area is 128 Å². The molecule has 1 atom stereocenters. The molecule has 21 heavy (non-hydrogen) atoms. The van der Waals surface area contributed by atoms with Gasteiger partial charge in [0.05, 0.1) is 5.39 Å². The average Bonchev–Trinajstić information content (AvgIpc) is 2.88. The summed E-state index contributed by atoms with van der Waals surface area (Å²) in [4.78, 5) is 11.3. The van der Waals surface area contributed by atoms with Gasteiger partial charge in [-0.15, -0.1) is 11.3 Å². The van der Waals surface area contributed by atoms with Crippen LogP contribution in [0.2, 0.25) is 0 Å². The number of hydrogen-bond acceptors (Lipinski definition) is 5. The van der Waals surface area contributed by atoms with Crippen LogP contribution in [0.4, 0.5) is 11.8 Å². The van der Waals surface area contributed by atoms with Gasteiger partial charge in [-0.3, -0.25) is 0 Å². The van der Waals surface area contributed by atoms with E-state index in [1.54, 1.807) is 11.3 Å². The summed E-state index contributed by atoms with van der Waals surface area (Å²) in [7, 11) is 1.84. The number of aromatic nitrogens is 2. The first-order valence-corrected chi connectivity index (χ1v) is 7.76. The Balaban J connectivity index is 1.99. The van der Waals surface area contributed by atoms with Crippen molar-refractivity contribution in [1.29, 1.82) is 0 Å². The van der Waals surface area contributed by atoms with Gasteiger partial charge in [0.1, 0.15) is 10.6 Å². The number of aryl methyl sites for hydroxylation is 1. The Hall–Kier alpha value is -2.14. The van der Waals surface area contributed by atoms with Crippen molar-refractivity contribution in [2.24, 2.45) is 0 Å². The number of anilines is 2. The molecule has 1 aromatic carbocycles. The highest BCUT2D eigenvalue weighted by Crippen LogP contribution is 2.31. The third-order valence-corrected chi connectivity index (χ3v) is 4.34. The van der Waals surface area contributed by atoms with Crippen molar-refractivity contribution in [3.63, 3.8) is 0 Å². The Morgan fingerprint density at radius 1 is 1.14 bits per heavy atom. The number of fused-ring (bicyclic) bond motifs is 1. The minimum absolute atomic E-state index is 0.189. The topological polar surface area (TPSA) is 49.8 Å². The average molecular weight is 298 g/mol. The van der Waals surface area contributed by atoms with Crippen molar-refractivity contribution in [1.82, 2.24) is 9.97 Å². The summed E-state index contributed by atoms with van der Waals surface area (Å²) in [6, 6.07) is 12.7. The number of nitrogens with one attached hydrogen (secondary N) is 2. The molecular formula is C16H18N4S. The molecule has 2 heterocycles. The predicted molar refractivity (Wildman–Crippen MR) is 90.2 cm³/mol. The number of hydrogen-bond donors (Lipinski definition) is 2. The Morgan fingerprint density at radius 3 is 2.62 bits per heavy atom. The molecule has 0 aliphatic heterocycles. The molecule has 5 heteroatoms. The third-order valence-electron chi connectivity index (χ3n) is 3.39. The molecule has 0 aliphatic carbocycles. The van der Waals surface area contributed by atoms with E-state index in [-0.39, 0.29) is 6.04 Å². The van der Waals surface area contributed by atoms with Crippen molar-refractivity contribution in [3.05, 3.63) is 46.8 Å². The molecule has 2 aromatic heterocycles. The molecule has 1 unspecified atom stereocenters. The lowest BCUT2D eigenvalue weighted by Gasteiger charge is -2.16. The van der Waals surface area contributed by atoms with Crippen LogP contribution in [0.1, 0.15) is 23.4 Å². The second-order valence-corrected chi connectivity index (χ2v) is 6.23. The molecule has 0 radical (unpaired) electrons. The molecule has 4 nitrogen and oxygen atoms in total. The smallest absolute Gasteiger partial charge is 0.225 e. The summed E-state index contributed by atoms with van der Waals surface area (Å²) in [6.45, 7) is 4.23. The monoisotopic (exact) mass is 298 g/mol. The van der Waals surface area contributed by atoms with Crippen molar-refractivity contribution < 1.29 is 0 Å². The van der Waals surface area contributed by atoms with Crippen LogP contribution < -0.4 is 10.6 Å². The third kappa shape index (κ3) is 2.83. The van der Waals surface area contributed by atoms with E-state index in [0.717, 1.165) is 16.0 Å². The van der Waals surface area contributed by atoms with Crippen LogP contribution in [0.3, 0.4) is 0 Å². The van der Waals surface area contributed by atoms with Crippen molar-refractivity contribution >= 4 is 33.3 Å². The second-order valence-electron chi connectivity index (χ2n) is 5.00. The van der Waals surface area contributed by atoms with E-state index in [0.29, 0.717) is 5.95 Å². The van der Waals surface area contributed by atoms with Gasteiger partial charge in [0.15, 0.2) is 0 Å². The van der Waals surface area contributed by atoms with Gasteiger partial charge in [0.25, 0.3) is 0 Å². The lowest BCUT2D eigenvalue weighted by atomic mass is 10.1. The fourth-order valence-electron chi connectivity index (χ4n) is 2.29. The fourth-order valence-corrected chi connectivity index (χ4v) is 3.17. The van der Waals surface area contributed by atoms with Crippen LogP contribution in [-0.4, -0.2) is 17.0 Å². The highest BCUT2D eigenvalue weighted by Gasteiger charge is 2.13. The highest BCUT2D eigenvalue weighted by atomic mass is 32.1. The first-order valence-electron chi connectivity index (χ1n) is 6.95. The Morgan fingerprint density at radius 2 is 1.90 bits per heavy atom.